The molecule has 0 radical (unpaired) electrons. The quantitative estimate of drug-likeness (QED) is 0.559. The van der Waals surface area contributed by atoms with E-state index in [1.54, 1.807) is 12.4 Å². The van der Waals surface area contributed by atoms with Crippen molar-refractivity contribution in [2.24, 2.45) is 0 Å². The van der Waals surface area contributed by atoms with E-state index in [0.717, 1.165) is 55.8 Å². The standard InChI is InChI=1S/C29H35N3O2/c1-2-14-32-15-4-3-5-16-34-28-12-11-26(29(33)31-21-25-10-7-13-30-20-25)19-27(28)18-23-8-6-9-24(17-23)22-32/h6-13,17,19-20H,2-5,14-16,18,21-22H2,1H3,(H,31,33). The van der Waals surface area contributed by atoms with Crippen LogP contribution in [0.1, 0.15) is 65.2 Å². The van der Waals surface area contributed by atoms with E-state index in [-0.39, 0.29) is 5.91 Å². The first-order valence-corrected chi connectivity index (χ1v) is 12.4. The summed E-state index contributed by atoms with van der Waals surface area (Å²) in [7, 11) is 0. The van der Waals surface area contributed by atoms with Crippen LogP contribution < -0.4 is 10.1 Å². The predicted octanol–water partition coefficient (Wildman–Crippen LogP) is 5.38. The van der Waals surface area contributed by atoms with Gasteiger partial charge < -0.3 is 10.1 Å². The predicted molar refractivity (Wildman–Crippen MR) is 136 cm³/mol. The smallest absolute Gasteiger partial charge is 0.251 e. The van der Waals surface area contributed by atoms with Crippen LogP contribution in [0.5, 0.6) is 5.75 Å². The molecule has 3 aromatic rings. The van der Waals surface area contributed by atoms with Gasteiger partial charge in [-0.15, -0.1) is 0 Å². The number of amides is 1. The van der Waals surface area contributed by atoms with Crippen molar-refractivity contribution in [3.8, 4) is 5.75 Å². The maximum absolute atomic E-state index is 12.9. The Hall–Kier alpha value is -3.18. The highest BCUT2D eigenvalue weighted by Gasteiger charge is 2.13. The molecule has 0 atom stereocenters. The molecule has 4 rings (SSSR count). The summed E-state index contributed by atoms with van der Waals surface area (Å²) in [4.78, 5) is 19.5. The number of carbonyl (C=O) groups excluding carboxylic acids is 1. The van der Waals surface area contributed by atoms with E-state index in [0.29, 0.717) is 18.7 Å². The van der Waals surface area contributed by atoms with E-state index in [9.17, 15) is 4.79 Å². The number of hydrogen-bond donors (Lipinski definition) is 1. The molecule has 0 saturated heterocycles. The average Bonchev–Trinajstić information content (AvgIpc) is 2.86. The Kier molecular flexibility index (Phi) is 8.69. The number of fused-ring (bicyclic) bond motifs is 3. The van der Waals surface area contributed by atoms with Gasteiger partial charge in [-0.2, -0.15) is 0 Å². The number of nitrogens with one attached hydrogen (secondary N) is 1. The number of nitrogens with zero attached hydrogens (tertiary/aromatic N) is 2. The Morgan fingerprint density at radius 1 is 1.06 bits per heavy atom. The van der Waals surface area contributed by atoms with Crippen LogP contribution in [0.2, 0.25) is 0 Å². The molecule has 1 N–H and O–H groups in total. The minimum absolute atomic E-state index is 0.0879. The lowest BCUT2D eigenvalue weighted by Gasteiger charge is -2.22. The number of rotatable bonds is 5. The Bertz CT molecular complexity index is 1070. The van der Waals surface area contributed by atoms with Gasteiger partial charge in [0.1, 0.15) is 5.75 Å². The summed E-state index contributed by atoms with van der Waals surface area (Å²) in [6.07, 6.45) is 8.79. The van der Waals surface area contributed by atoms with Crippen molar-refractivity contribution in [1.29, 1.82) is 0 Å². The normalized spacial score (nSPS) is 15.0. The highest BCUT2D eigenvalue weighted by molar-refractivity contribution is 5.94. The molecule has 0 fully saturated rings. The number of carbonyl (C=O) groups is 1. The summed E-state index contributed by atoms with van der Waals surface area (Å²) in [6, 6.07) is 18.5. The molecule has 5 heteroatoms. The van der Waals surface area contributed by atoms with Gasteiger partial charge in [0.25, 0.3) is 5.91 Å². The lowest BCUT2D eigenvalue weighted by atomic mass is 9.99. The number of pyridine rings is 1. The average molecular weight is 458 g/mol. The third kappa shape index (κ3) is 6.91. The van der Waals surface area contributed by atoms with Gasteiger partial charge in [0.2, 0.25) is 0 Å². The van der Waals surface area contributed by atoms with Crippen molar-refractivity contribution in [3.05, 3.63) is 94.8 Å². The van der Waals surface area contributed by atoms with Gasteiger partial charge in [0, 0.05) is 37.5 Å². The highest BCUT2D eigenvalue weighted by Crippen LogP contribution is 2.25. The number of aromatic nitrogens is 1. The summed E-state index contributed by atoms with van der Waals surface area (Å²) in [5.41, 5.74) is 5.26. The Morgan fingerprint density at radius 3 is 2.82 bits per heavy atom. The van der Waals surface area contributed by atoms with E-state index < -0.39 is 0 Å². The maximum Gasteiger partial charge on any atom is 0.251 e. The van der Waals surface area contributed by atoms with Gasteiger partial charge in [-0.05, 0) is 85.3 Å². The van der Waals surface area contributed by atoms with E-state index in [1.165, 1.54) is 24.0 Å². The fourth-order valence-corrected chi connectivity index (χ4v) is 4.49. The van der Waals surface area contributed by atoms with Crippen LogP contribution in [0.15, 0.2) is 67.0 Å². The molecule has 1 aromatic heterocycles. The fraction of sp³-hybridized carbons (Fsp3) is 0.379. The molecule has 2 bridgehead atoms. The van der Waals surface area contributed by atoms with Crippen molar-refractivity contribution < 1.29 is 9.53 Å². The van der Waals surface area contributed by atoms with Crippen LogP contribution in [0.3, 0.4) is 0 Å². The Balaban J connectivity index is 1.54. The zero-order chi connectivity index (χ0) is 23.6. The molecule has 2 aromatic carbocycles. The lowest BCUT2D eigenvalue weighted by molar-refractivity contribution is 0.0950. The zero-order valence-corrected chi connectivity index (χ0v) is 20.1. The van der Waals surface area contributed by atoms with E-state index >= 15 is 0 Å². The first kappa shape index (κ1) is 24.0. The molecule has 1 amide bonds. The van der Waals surface area contributed by atoms with E-state index in [4.69, 9.17) is 4.74 Å². The monoisotopic (exact) mass is 457 g/mol. The zero-order valence-electron chi connectivity index (χ0n) is 20.1. The van der Waals surface area contributed by atoms with Crippen molar-refractivity contribution >= 4 is 5.91 Å². The van der Waals surface area contributed by atoms with E-state index in [2.05, 4.69) is 46.4 Å². The van der Waals surface area contributed by atoms with Gasteiger partial charge in [-0.3, -0.25) is 14.7 Å². The Labute approximate surface area is 203 Å². The summed E-state index contributed by atoms with van der Waals surface area (Å²) in [5.74, 6) is 0.786. The van der Waals surface area contributed by atoms with Crippen LogP contribution in [0.4, 0.5) is 0 Å². The van der Waals surface area contributed by atoms with Crippen molar-refractivity contribution in [2.75, 3.05) is 19.7 Å². The van der Waals surface area contributed by atoms with Crippen molar-refractivity contribution in [1.82, 2.24) is 15.2 Å². The molecule has 0 unspecified atom stereocenters. The number of ether oxygens (including phenoxy) is 1. The van der Waals surface area contributed by atoms with Gasteiger partial charge in [0.05, 0.1) is 6.61 Å². The summed E-state index contributed by atoms with van der Waals surface area (Å²) in [6.45, 7) is 6.65. The molecule has 0 aliphatic carbocycles. The van der Waals surface area contributed by atoms with Crippen LogP contribution in [-0.2, 0) is 19.5 Å². The minimum Gasteiger partial charge on any atom is -0.493 e. The van der Waals surface area contributed by atoms with Gasteiger partial charge >= 0.3 is 0 Å². The minimum atomic E-state index is -0.0879. The molecule has 34 heavy (non-hydrogen) atoms. The molecule has 0 saturated carbocycles. The molecular weight excluding hydrogens is 422 g/mol. The molecule has 178 valence electrons. The molecule has 0 spiro atoms. The molecule has 5 nitrogen and oxygen atoms in total. The third-order valence-electron chi connectivity index (χ3n) is 6.21. The van der Waals surface area contributed by atoms with Crippen molar-refractivity contribution in [2.45, 2.75) is 52.1 Å². The lowest BCUT2D eigenvalue weighted by Crippen LogP contribution is -2.25. The number of hydrogen-bond acceptors (Lipinski definition) is 4. The summed E-state index contributed by atoms with van der Waals surface area (Å²) < 4.78 is 6.19. The van der Waals surface area contributed by atoms with Crippen LogP contribution >= 0.6 is 0 Å². The van der Waals surface area contributed by atoms with E-state index in [1.807, 2.05) is 30.3 Å². The van der Waals surface area contributed by atoms with Gasteiger partial charge in [0.15, 0.2) is 0 Å². The molecule has 1 aliphatic heterocycles. The third-order valence-corrected chi connectivity index (χ3v) is 6.21. The second kappa shape index (κ2) is 12.3. The van der Waals surface area contributed by atoms with Crippen LogP contribution in [0, 0.1) is 0 Å². The second-order valence-corrected chi connectivity index (χ2v) is 9.05. The summed E-state index contributed by atoms with van der Waals surface area (Å²) in [5, 5.41) is 3.00. The largest absolute Gasteiger partial charge is 0.493 e. The fourth-order valence-electron chi connectivity index (χ4n) is 4.49. The van der Waals surface area contributed by atoms with Crippen molar-refractivity contribution in [3.63, 3.8) is 0 Å². The first-order valence-electron chi connectivity index (χ1n) is 12.4. The number of benzene rings is 2. The topological polar surface area (TPSA) is 54.5 Å². The van der Waals surface area contributed by atoms with Gasteiger partial charge in [-0.1, -0.05) is 37.3 Å². The highest BCUT2D eigenvalue weighted by atomic mass is 16.5. The van der Waals surface area contributed by atoms with Crippen LogP contribution in [0.25, 0.3) is 0 Å². The first-order chi connectivity index (χ1) is 16.7. The summed E-state index contributed by atoms with van der Waals surface area (Å²) >= 11 is 0. The molecule has 1 aliphatic rings. The SMILES string of the molecule is CCCN1CCCCCOc2ccc(C(=O)NCc3cccnc3)cc2Cc2cccc(c2)C1. The van der Waals surface area contributed by atoms with Gasteiger partial charge in [-0.25, -0.2) is 0 Å². The van der Waals surface area contributed by atoms with Crippen LogP contribution in [-0.4, -0.2) is 35.5 Å². The molecular formula is C29H35N3O2. The Morgan fingerprint density at radius 2 is 1.97 bits per heavy atom. The maximum atomic E-state index is 12.9. The molecule has 2 heterocycles. The second-order valence-electron chi connectivity index (χ2n) is 9.05.